The molecule has 0 amide bonds. The number of benzene rings is 1. The van der Waals surface area contributed by atoms with Crippen LogP contribution in [0, 0.1) is 5.92 Å². The molecule has 0 spiro atoms. The van der Waals surface area contributed by atoms with Crippen molar-refractivity contribution < 1.29 is 10.2 Å². The zero-order valence-corrected chi connectivity index (χ0v) is 11.5. The molecule has 4 heteroatoms. The predicted octanol–water partition coefficient (Wildman–Crippen LogP) is 2.37. The SMILES string of the molecule is CCC(CCO)CNCC(O)c1ccccc1Cl. The fraction of sp³-hybridized carbons (Fsp3) is 0.571. The zero-order chi connectivity index (χ0) is 13.4. The average Bonchev–Trinajstić information content (AvgIpc) is 2.38. The van der Waals surface area contributed by atoms with E-state index in [1.165, 1.54) is 0 Å². The van der Waals surface area contributed by atoms with Gasteiger partial charge in [-0.25, -0.2) is 0 Å². The molecule has 0 bridgehead atoms. The van der Waals surface area contributed by atoms with Crippen LogP contribution in [-0.4, -0.2) is 29.9 Å². The second kappa shape index (κ2) is 8.48. The molecule has 1 rings (SSSR count). The molecule has 102 valence electrons. The topological polar surface area (TPSA) is 52.5 Å². The van der Waals surface area contributed by atoms with Crippen molar-refractivity contribution in [2.24, 2.45) is 5.92 Å². The smallest absolute Gasteiger partial charge is 0.0928 e. The summed E-state index contributed by atoms with van der Waals surface area (Å²) in [7, 11) is 0. The van der Waals surface area contributed by atoms with Gasteiger partial charge in [0.25, 0.3) is 0 Å². The first-order valence-electron chi connectivity index (χ1n) is 6.43. The van der Waals surface area contributed by atoms with Gasteiger partial charge in [-0.15, -0.1) is 0 Å². The van der Waals surface area contributed by atoms with Crippen LogP contribution >= 0.6 is 11.6 Å². The van der Waals surface area contributed by atoms with Gasteiger partial charge in [-0.05, 0) is 24.9 Å². The number of rotatable bonds is 8. The summed E-state index contributed by atoms with van der Waals surface area (Å²) in [5.74, 6) is 0.452. The zero-order valence-electron chi connectivity index (χ0n) is 10.8. The van der Waals surface area contributed by atoms with Crippen LogP contribution in [0.5, 0.6) is 0 Å². The van der Waals surface area contributed by atoms with Crippen molar-refractivity contribution >= 4 is 11.6 Å². The summed E-state index contributed by atoms with van der Waals surface area (Å²) in [5, 5.41) is 22.7. The third kappa shape index (κ3) is 4.94. The van der Waals surface area contributed by atoms with E-state index in [0.29, 0.717) is 17.5 Å². The summed E-state index contributed by atoms with van der Waals surface area (Å²) in [4.78, 5) is 0. The molecule has 0 aromatic heterocycles. The Labute approximate surface area is 114 Å². The molecule has 3 nitrogen and oxygen atoms in total. The second-order valence-electron chi connectivity index (χ2n) is 4.48. The van der Waals surface area contributed by atoms with Crippen molar-refractivity contribution in [1.29, 1.82) is 0 Å². The molecular formula is C14H22ClNO2. The van der Waals surface area contributed by atoms with E-state index in [2.05, 4.69) is 12.2 Å². The molecule has 3 N–H and O–H groups in total. The molecule has 18 heavy (non-hydrogen) atoms. The molecule has 0 radical (unpaired) electrons. The molecule has 0 fully saturated rings. The Hall–Kier alpha value is -0.610. The van der Waals surface area contributed by atoms with E-state index in [-0.39, 0.29) is 6.61 Å². The Morgan fingerprint density at radius 2 is 2.00 bits per heavy atom. The van der Waals surface area contributed by atoms with Gasteiger partial charge in [-0.2, -0.15) is 0 Å². The third-order valence-electron chi connectivity index (χ3n) is 3.15. The van der Waals surface area contributed by atoms with Crippen molar-refractivity contribution in [2.75, 3.05) is 19.7 Å². The Morgan fingerprint density at radius 3 is 2.61 bits per heavy atom. The first-order chi connectivity index (χ1) is 8.69. The van der Waals surface area contributed by atoms with Gasteiger partial charge in [-0.3, -0.25) is 0 Å². The van der Waals surface area contributed by atoms with Gasteiger partial charge < -0.3 is 15.5 Å². The van der Waals surface area contributed by atoms with Crippen molar-refractivity contribution in [2.45, 2.75) is 25.9 Å². The maximum Gasteiger partial charge on any atom is 0.0928 e. The van der Waals surface area contributed by atoms with E-state index in [9.17, 15) is 5.11 Å². The van der Waals surface area contributed by atoms with E-state index in [1.807, 2.05) is 18.2 Å². The highest BCUT2D eigenvalue weighted by Crippen LogP contribution is 2.21. The van der Waals surface area contributed by atoms with E-state index in [0.717, 1.165) is 24.9 Å². The van der Waals surface area contributed by atoms with E-state index in [4.69, 9.17) is 16.7 Å². The minimum atomic E-state index is -0.592. The van der Waals surface area contributed by atoms with Gasteiger partial charge in [0, 0.05) is 23.7 Å². The van der Waals surface area contributed by atoms with Crippen LogP contribution in [0.2, 0.25) is 5.02 Å². The maximum absolute atomic E-state index is 10.0. The lowest BCUT2D eigenvalue weighted by atomic mass is 10.0. The van der Waals surface area contributed by atoms with Gasteiger partial charge >= 0.3 is 0 Å². The monoisotopic (exact) mass is 271 g/mol. The first kappa shape index (κ1) is 15.4. The number of aliphatic hydroxyl groups excluding tert-OH is 2. The molecule has 2 unspecified atom stereocenters. The normalized spacial score (nSPS) is 14.4. The van der Waals surface area contributed by atoms with E-state index >= 15 is 0 Å². The molecular weight excluding hydrogens is 250 g/mol. The van der Waals surface area contributed by atoms with Gasteiger partial charge in [-0.1, -0.05) is 43.1 Å². The number of hydrogen-bond donors (Lipinski definition) is 3. The second-order valence-corrected chi connectivity index (χ2v) is 4.89. The van der Waals surface area contributed by atoms with Crippen LogP contribution in [0.15, 0.2) is 24.3 Å². The van der Waals surface area contributed by atoms with Crippen LogP contribution in [0.1, 0.15) is 31.4 Å². The molecule has 2 atom stereocenters. The molecule has 1 aromatic carbocycles. The van der Waals surface area contributed by atoms with Crippen molar-refractivity contribution in [1.82, 2.24) is 5.32 Å². The standard InChI is InChI=1S/C14H22ClNO2/c1-2-11(7-8-17)9-16-10-14(18)12-5-3-4-6-13(12)15/h3-6,11,14,16-18H,2,7-10H2,1H3. The fourth-order valence-electron chi connectivity index (χ4n) is 1.91. The Kier molecular flexibility index (Phi) is 7.28. The quantitative estimate of drug-likeness (QED) is 0.680. The van der Waals surface area contributed by atoms with Gasteiger partial charge in [0.05, 0.1) is 6.10 Å². The molecule has 0 heterocycles. The van der Waals surface area contributed by atoms with Crippen molar-refractivity contribution in [3.63, 3.8) is 0 Å². The maximum atomic E-state index is 10.0. The summed E-state index contributed by atoms with van der Waals surface area (Å²) in [5.41, 5.74) is 0.752. The number of nitrogens with one attached hydrogen (secondary N) is 1. The summed E-state index contributed by atoms with van der Waals surface area (Å²) >= 11 is 6.02. The summed E-state index contributed by atoms with van der Waals surface area (Å²) in [6.07, 6.45) is 1.23. The summed E-state index contributed by atoms with van der Waals surface area (Å²) < 4.78 is 0. The largest absolute Gasteiger partial charge is 0.396 e. The molecule has 0 saturated carbocycles. The van der Waals surface area contributed by atoms with E-state index in [1.54, 1.807) is 6.07 Å². The number of halogens is 1. The molecule has 0 aliphatic carbocycles. The third-order valence-corrected chi connectivity index (χ3v) is 3.49. The average molecular weight is 272 g/mol. The van der Waals surface area contributed by atoms with Crippen LogP contribution in [0.25, 0.3) is 0 Å². The number of aliphatic hydroxyl groups is 2. The lowest BCUT2D eigenvalue weighted by Crippen LogP contribution is -2.27. The highest BCUT2D eigenvalue weighted by molar-refractivity contribution is 6.31. The summed E-state index contributed by atoms with van der Waals surface area (Å²) in [6, 6.07) is 7.33. The number of hydrogen-bond acceptors (Lipinski definition) is 3. The lowest BCUT2D eigenvalue weighted by Gasteiger charge is -2.17. The van der Waals surface area contributed by atoms with Gasteiger partial charge in [0.2, 0.25) is 0 Å². The summed E-state index contributed by atoms with van der Waals surface area (Å²) in [6.45, 7) is 3.60. The van der Waals surface area contributed by atoms with Crippen LogP contribution in [-0.2, 0) is 0 Å². The minimum absolute atomic E-state index is 0.216. The molecule has 1 aromatic rings. The first-order valence-corrected chi connectivity index (χ1v) is 6.80. The molecule has 0 aliphatic heterocycles. The van der Waals surface area contributed by atoms with Crippen LogP contribution < -0.4 is 5.32 Å². The minimum Gasteiger partial charge on any atom is -0.396 e. The highest BCUT2D eigenvalue weighted by atomic mass is 35.5. The fourth-order valence-corrected chi connectivity index (χ4v) is 2.17. The Morgan fingerprint density at radius 1 is 1.28 bits per heavy atom. The van der Waals surface area contributed by atoms with Gasteiger partial charge in [0.1, 0.15) is 0 Å². The van der Waals surface area contributed by atoms with Gasteiger partial charge in [0.15, 0.2) is 0 Å². The van der Waals surface area contributed by atoms with Crippen molar-refractivity contribution in [3.8, 4) is 0 Å². The molecule has 0 aliphatic rings. The van der Waals surface area contributed by atoms with Crippen LogP contribution in [0.4, 0.5) is 0 Å². The van der Waals surface area contributed by atoms with Crippen LogP contribution in [0.3, 0.4) is 0 Å². The Balaban J connectivity index is 2.37. The predicted molar refractivity (Wildman–Crippen MR) is 74.8 cm³/mol. The molecule has 0 saturated heterocycles. The highest BCUT2D eigenvalue weighted by Gasteiger charge is 2.11. The van der Waals surface area contributed by atoms with E-state index < -0.39 is 6.10 Å². The Bertz CT molecular complexity index is 346. The van der Waals surface area contributed by atoms with Crippen molar-refractivity contribution in [3.05, 3.63) is 34.9 Å². The lowest BCUT2D eigenvalue weighted by molar-refractivity contribution is 0.170.